The number of amides is 1. The van der Waals surface area contributed by atoms with Crippen molar-refractivity contribution >= 4 is 57.6 Å². The number of carbonyl (C=O) groups is 1. The first-order chi connectivity index (χ1) is 21.6. The molecule has 0 saturated carbocycles. The Hall–Kier alpha value is -4.64. The highest BCUT2D eigenvalue weighted by Gasteiger charge is 2.17. The van der Waals surface area contributed by atoms with Gasteiger partial charge in [0.15, 0.2) is 0 Å². The van der Waals surface area contributed by atoms with E-state index in [-0.39, 0.29) is 5.91 Å². The van der Waals surface area contributed by atoms with Crippen LogP contribution in [0.1, 0.15) is 0 Å². The van der Waals surface area contributed by atoms with Gasteiger partial charge in [0.05, 0.1) is 54.7 Å². The van der Waals surface area contributed by atoms with Crippen LogP contribution in [0.5, 0.6) is 0 Å². The van der Waals surface area contributed by atoms with E-state index in [9.17, 15) is 4.79 Å². The molecule has 44 heavy (non-hydrogen) atoms. The molecule has 0 bridgehead atoms. The van der Waals surface area contributed by atoms with E-state index in [1.54, 1.807) is 6.20 Å². The minimum Gasteiger partial charge on any atom is -0.378 e. The number of rotatable bonds is 9. The van der Waals surface area contributed by atoms with Crippen LogP contribution in [0.25, 0.3) is 11.3 Å². The van der Waals surface area contributed by atoms with Gasteiger partial charge < -0.3 is 35.2 Å². The molecule has 0 atom stereocenters. The second kappa shape index (κ2) is 13.8. The Morgan fingerprint density at radius 3 is 2.27 bits per heavy atom. The van der Waals surface area contributed by atoms with Crippen molar-refractivity contribution in [3.05, 3.63) is 90.6 Å². The highest BCUT2D eigenvalue weighted by molar-refractivity contribution is 6.33. The first-order valence-corrected chi connectivity index (χ1v) is 14.9. The molecule has 11 heteroatoms. The molecule has 0 aliphatic carbocycles. The number of aromatic nitrogens is 2. The number of anilines is 7. The number of hydrogen-bond donors (Lipinski definition) is 3. The van der Waals surface area contributed by atoms with Crippen molar-refractivity contribution < 1.29 is 14.3 Å². The number of benzene rings is 3. The zero-order chi connectivity index (χ0) is 30.3. The van der Waals surface area contributed by atoms with Crippen LogP contribution >= 0.6 is 11.6 Å². The van der Waals surface area contributed by atoms with Crippen LogP contribution in [0, 0.1) is 0 Å². The summed E-state index contributed by atoms with van der Waals surface area (Å²) in [5.41, 5.74) is 6.61. The Kier molecular flexibility index (Phi) is 9.21. The van der Waals surface area contributed by atoms with Gasteiger partial charge in [-0.2, -0.15) is 0 Å². The maximum atomic E-state index is 12.0. The molecule has 2 aliphatic rings. The number of carbonyl (C=O) groups excluding carboxylic acids is 1. The van der Waals surface area contributed by atoms with Gasteiger partial charge in [0, 0.05) is 54.5 Å². The van der Waals surface area contributed by atoms with Crippen LogP contribution in [0.4, 0.5) is 40.1 Å². The van der Waals surface area contributed by atoms with Gasteiger partial charge in [-0.3, -0.25) is 4.79 Å². The van der Waals surface area contributed by atoms with Crippen molar-refractivity contribution in [3.8, 4) is 11.3 Å². The van der Waals surface area contributed by atoms with Gasteiger partial charge in [0.2, 0.25) is 11.9 Å². The van der Waals surface area contributed by atoms with Crippen LogP contribution < -0.4 is 25.8 Å². The monoisotopic (exact) mass is 611 g/mol. The normalized spacial score (nSPS) is 15.0. The summed E-state index contributed by atoms with van der Waals surface area (Å²) in [7, 11) is 0. The molecule has 3 N–H and O–H groups in total. The average Bonchev–Trinajstić information content (AvgIpc) is 3.07. The molecule has 4 aromatic rings. The molecular formula is C33H34ClN7O3. The first-order valence-electron chi connectivity index (χ1n) is 14.6. The van der Waals surface area contributed by atoms with E-state index < -0.39 is 0 Å². The second-order valence-corrected chi connectivity index (χ2v) is 10.8. The van der Waals surface area contributed by atoms with E-state index in [1.807, 2.05) is 54.6 Å². The summed E-state index contributed by atoms with van der Waals surface area (Å²) in [5.74, 6) is 0.133. The Bertz CT molecular complexity index is 1620. The lowest BCUT2D eigenvalue weighted by Crippen LogP contribution is -2.36. The SMILES string of the molecule is C=CC(=O)Nc1cccc(-c2nc(Nc3ccc(Cl)c(N4CCOCC4)c3)ncc2Nc2ccc(N3CCOCC3)cc2)c1. The van der Waals surface area contributed by atoms with Gasteiger partial charge in [0.25, 0.3) is 0 Å². The number of nitrogens with one attached hydrogen (secondary N) is 3. The maximum absolute atomic E-state index is 12.0. The van der Waals surface area contributed by atoms with Crippen molar-refractivity contribution in [3.63, 3.8) is 0 Å². The molecule has 10 nitrogen and oxygen atoms in total. The zero-order valence-corrected chi connectivity index (χ0v) is 25.0. The Balaban J connectivity index is 1.30. The lowest BCUT2D eigenvalue weighted by Gasteiger charge is -2.30. The topological polar surface area (TPSA) is 104 Å². The summed E-state index contributed by atoms with van der Waals surface area (Å²) in [5, 5.41) is 10.3. The second-order valence-electron chi connectivity index (χ2n) is 10.4. The Labute approximate surface area is 261 Å². The highest BCUT2D eigenvalue weighted by atomic mass is 35.5. The molecule has 0 radical (unpaired) electrons. The third-order valence-electron chi connectivity index (χ3n) is 7.45. The minimum atomic E-state index is -0.287. The molecule has 2 fully saturated rings. The van der Waals surface area contributed by atoms with Gasteiger partial charge in [0.1, 0.15) is 0 Å². The van der Waals surface area contributed by atoms with Crippen molar-refractivity contribution in [2.45, 2.75) is 0 Å². The fourth-order valence-electron chi connectivity index (χ4n) is 5.19. The third-order valence-corrected chi connectivity index (χ3v) is 7.77. The smallest absolute Gasteiger partial charge is 0.247 e. The molecule has 1 amide bonds. The van der Waals surface area contributed by atoms with E-state index in [1.165, 1.54) is 6.08 Å². The number of morpholine rings is 2. The van der Waals surface area contributed by atoms with Gasteiger partial charge in [-0.05, 0) is 60.7 Å². The van der Waals surface area contributed by atoms with Crippen LogP contribution in [0.2, 0.25) is 5.02 Å². The summed E-state index contributed by atoms with van der Waals surface area (Å²) in [4.78, 5) is 26.1. The lowest BCUT2D eigenvalue weighted by molar-refractivity contribution is -0.111. The zero-order valence-electron chi connectivity index (χ0n) is 24.3. The van der Waals surface area contributed by atoms with Gasteiger partial charge in [-0.15, -0.1) is 0 Å². The summed E-state index contributed by atoms with van der Waals surface area (Å²) >= 11 is 6.56. The fraction of sp³-hybridized carbons (Fsp3) is 0.242. The molecule has 3 aromatic carbocycles. The molecule has 2 saturated heterocycles. The molecular weight excluding hydrogens is 578 g/mol. The average molecular weight is 612 g/mol. The van der Waals surface area contributed by atoms with Crippen LogP contribution in [0.3, 0.4) is 0 Å². The van der Waals surface area contributed by atoms with Gasteiger partial charge >= 0.3 is 0 Å². The summed E-state index contributed by atoms with van der Waals surface area (Å²) < 4.78 is 11.0. The van der Waals surface area contributed by atoms with Crippen LogP contribution in [-0.2, 0) is 14.3 Å². The molecule has 2 aliphatic heterocycles. The largest absolute Gasteiger partial charge is 0.378 e. The predicted molar refractivity (Wildman–Crippen MR) is 177 cm³/mol. The quantitative estimate of drug-likeness (QED) is 0.194. The predicted octanol–water partition coefficient (Wildman–Crippen LogP) is 6.08. The summed E-state index contributed by atoms with van der Waals surface area (Å²) in [6.45, 7) is 9.64. The number of hydrogen-bond acceptors (Lipinski definition) is 9. The highest BCUT2D eigenvalue weighted by Crippen LogP contribution is 2.34. The fourth-order valence-corrected chi connectivity index (χ4v) is 5.43. The van der Waals surface area contributed by atoms with Crippen molar-refractivity contribution in [1.82, 2.24) is 9.97 Å². The van der Waals surface area contributed by atoms with E-state index in [4.69, 9.17) is 26.1 Å². The van der Waals surface area contributed by atoms with Crippen LogP contribution in [-0.4, -0.2) is 68.5 Å². The van der Waals surface area contributed by atoms with Crippen molar-refractivity contribution in [2.75, 3.05) is 78.4 Å². The van der Waals surface area contributed by atoms with E-state index in [0.29, 0.717) is 41.3 Å². The molecule has 0 spiro atoms. The number of ether oxygens (including phenoxy) is 2. The van der Waals surface area contributed by atoms with Crippen molar-refractivity contribution in [1.29, 1.82) is 0 Å². The van der Waals surface area contributed by atoms with E-state index in [2.05, 4.69) is 49.4 Å². The van der Waals surface area contributed by atoms with Gasteiger partial charge in [-0.1, -0.05) is 30.3 Å². The van der Waals surface area contributed by atoms with E-state index in [0.717, 1.165) is 67.7 Å². The first kappa shape index (κ1) is 29.4. The molecule has 0 unspecified atom stereocenters. The molecule has 226 valence electrons. The minimum absolute atomic E-state index is 0.287. The molecule has 1 aromatic heterocycles. The molecule has 6 rings (SSSR count). The molecule has 3 heterocycles. The third kappa shape index (κ3) is 7.11. The maximum Gasteiger partial charge on any atom is 0.247 e. The summed E-state index contributed by atoms with van der Waals surface area (Å²) in [6, 6.07) is 21.6. The van der Waals surface area contributed by atoms with Gasteiger partial charge in [-0.25, -0.2) is 9.97 Å². The number of halogens is 1. The lowest BCUT2D eigenvalue weighted by atomic mass is 10.1. The Morgan fingerprint density at radius 2 is 1.55 bits per heavy atom. The standard InChI is InChI=1S/C33H34ClN7O3/c1-2-31(42)37-25-5-3-4-23(20-25)32-29(36-24-6-9-27(10-7-24)40-12-16-43-17-13-40)22-35-33(39-32)38-26-8-11-28(34)30(21-26)41-14-18-44-19-15-41/h2-11,20-22,36H,1,12-19H2,(H,37,42)(H,35,38,39). The Morgan fingerprint density at radius 1 is 0.841 bits per heavy atom. The van der Waals surface area contributed by atoms with E-state index >= 15 is 0 Å². The van der Waals surface area contributed by atoms with Crippen LogP contribution in [0.15, 0.2) is 85.6 Å². The number of nitrogens with zero attached hydrogens (tertiary/aromatic N) is 4. The summed E-state index contributed by atoms with van der Waals surface area (Å²) in [6.07, 6.45) is 3.00. The van der Waals surface area contributed by atoms with Crippen molar-refractivity contribution in [2.24, 2.45) is 0 Å².